The molecule has 2 heteroatoms. The number of hydrogen-bond donors (Lipinski definition) is 0. The third kappa shape index (κ3) is 5.60. The minimum atomic E-state index is -0.0862. The second-order valence-electron chi connectivity index (χ2n) is 19.7. The zero-order valence-electron chi connectivity index (χ0n) is 36.1. The molecule has 0 unspecified atom stereocenters. The summed E-state index contributed by atoms with van der Waals surface area (Å²) in [6.45, 7) is 4.96. The lowest BCUT2D eigenvalue weighted by Crippen LogP contribution is -2.58. The first-order chi connectivity index (χ1) is 30.9. The largest absolute Gasteiger partial charge is 0.310 e. The topological polar surface area (TPSA) is 3.24 Å². The highest BCUT2D eigenvalue weighted by Crippen LogP contribution is 2.69. The molecule has 8 aromatic carbocycles. The summed E-state index contributed by atoms with van der Waals surface area (Å²) in [5, 5.41) is 2.68. The Bertz CT molecular complexity index is 3200. The molecular weight excluding hydrogens is 779 g/mol. The first-order valence-electron chi connectivity index (χ1n) is 23.3. The molecular formula is C61H51NS. The zero-order chi connectivity index (χ0) is 41.9. The van der Waals surface area contributed by atoms with E-state index in [1.165, 1.54) is 108 Å². The van der Waals surface area contributed by atoms with Gasteiger partial charge in [-0.05, 0) is 160 Å². The Labute approximate surface area is 375 Å². The molecule has 0 atom stereocenters. The molecule has 0 N–H and O–H groups in total. The molecule has 4 bridgehead atoms. The maximum absolute atomic E-state index is 2.67. The van der Waals surface area contributed by atoms with Crippen molar-refractivity contribution in [3.63, 3.8) is 0 Å². The summed E-state index contributed by atoms with van der Waals surface area (Å²) in [7, 11) is 0. The van der Waals surface area contributed by atoms with Gasteiger partial charge in [-0.2, -0.15) is 0 Å². The SMILES string of the molecule is CC1(C)c2ccccc2C2(c3cc(N(c4ccc(-c5ccccc5-c5cccc6sc7ccccc7c56)cc4)c4cccc(-c5ccccc5)c4)ccc31)C1CC3CC(C1)CC2C3. The van der Waals surface area contributed by atoms with Gasteiger partial charge >= 0.3 is 0 Å². The summed E-state index contributed by atoms with van der Waals surface area (Å²) in [4.78, 5) is 2.54. The number of nitrogens with zero attached hydrogens (tertiary/aromatic N) is 1. The highest BCUT2D eigenvalue weighted by molar-refractivity contribution is 7.25. The Morgan fingerprint density at radius 3 is 1.79 bits per heavy atom. The number of benzene rings is 8. The van der Waals surface area contributed by atoms with E-state index >= 15 is 0 Å². The predicted octanol–water partition coefficient (Wildman–Crippen LogP) is 16.9. The normalized spacial score (nSPS) is 22.6. The van der Waals surface area contributed by atoms with Crippen LogP contribution in [-0.2, 0) is 10.8 Å². The van der Waals surface area contributed by atoms with Crippen molar-refractivity contribution in [3.8, 4) is 33.4 Å². The van der Waals surface area contributed by atoms with Gasteiger partial charge in [0.15, 0.2) is 0 Å². The van der Waals surface area contributed by atoms with Gasteiger partial charge in [0, 0.05) is 48.1 Å². The van der Waals surface area contributed by atoms with Gasteiger partial charge in [-0.3, -0.25) is 0 Å². The van der Waals surface area contributed by atoms with Gasteiger partial charge < -0.3 is 4.90 Å². The van der Waals surface area contributed by atoms with E-state index < -0.39 is 0 Å². The molecule has 14 rings (SSSR count). The van der Waals surface area contributed by atoms with Crippen LogP contribution in [0.15, 0.2) is 188 Å². The summed E-state index contributed by atoms with van der Waals surface area (Å²) >= 11 is 1.89. The summed E-state index contributed by atoms with van der Waals surface area (Å²) < 4.78 is 2.67. The van der Waals surface area contributed by atoms with Crippen LogP contribution in [0.1, 0.15) is 68.2 Å². The van der Waals surface area contributed by atoms with Crippen LogP contribution in [0.2, 0.25) is 0 Å². The van der Waals surface area contributed by atoms with E-state index in [4.69, 9.17) is 0 Å². The van der Waals surface area contributed by atoms with Crippen molar-refractivity contribution in [2.24, 2.45) is 23.7 Å². The smallest absolute Gasteiger partial charge is 0.0467 e. The molecule has 9 aromatic rings. The van der Waals surface area contributed by atoms with Gasteiger partial charge in [-0.15, -0.1) is 11.3 Å². The highest BCUT2D eigenvalue weighted by atomic mass is 32.1. The van der Waals surface area contributed by atoms with Crippen LogP contribution in [0.5, 0.6) is 0 Å². The first kappa shape index (κ1) is 37.3. The van der Waals surface area contributed by atoms with Gasteiger partial charge in [0.1, 0.15) is 0 Å². The van der Waals surface area contributed by atoms with Gasteiger partial charge in [0.25, 0.3) is 0 Å². The summed E-state index contributed by atoms with van der Waals surface area (Å²) in [5.41, 5.74) is 17.3. The maximum atomic E-state index is 2.67. The number of anilines is 3. The van der Waals surface area contributed by atoms with Crippen LogP contribution in [0.25, 0.3) is 53.6 Å². The lowest BCUT2D eigenvalue weighted by Gasteiger charge is -2.64. The van der Waals surface area contributed by atoms with Crippen LogP contribution < -0.4 is 4.90 Å². The van der Waals surface area contributed by atoms with E-state index in [0.717, 1.165) is 11.8 Å². The van der Waals surface area contributed by atoms with E-state index in [9.17, 15) is 0 Å². The number of hydrogen-bond acceptors (Lipinski definition) is 2. The van der Waals surface area contributed by atoms with Crippen molar-refractivity contribution in [1.29, 1.82) is 0 Å². The van der Waals surface area contributed by atoms with Crippen LogP contribution >= 0.6 is 11.3 Å². The maximum Gasteiger partial charge on any atom is 0.0467 e. The zero-order valence-corrected chi connectivity index (χ0v) is 36.9. The third-order valence-electron chi connectivity index (χ3n) is 16.1. The number of rotatable bonds is 6. The van der Waals surface area contributed by atoms with Gasteiger partial charge in [-0.25, -0.2) is 0 Å². The van der Waals surface area contributed by atoms with Gasteiger partial charge in [0.05, 0.1) is 0 Å². The predicted molar refractivity (Wildman–Crippen MR) is 267 cm³/mol. The Morgan fingerprint density at radius 2 is 1.00 bits per heavy atom. The van der Waals surface area contributed by atoms with Gasteiger partial charge in [-0.1, -0.05) is 153 Å². The minimum Gasteiger partial charge on any atom is -0.310 e. The minimum absolute atomic E-state index is 0.0483. The van der Waals surface area contributed by atoms with Crippen LogP contribution in [-0.4, -0.2) is 0 Å². The Hall–Kier alpha value is -6.22. The van der Waals surface area contributed by atoms with Crippen molar-refractivity contribution in [2.45, 2.75) is 56.8 Å². The molecule has 4 saturated carbocycles. The Kier molecular flexibility index (Phi) is 8.39. The standard InChI is InChI=1S/C61H51NS/c1-60(2)53-22-9-10-23-55(53)61(44-33-39-32-40(35-44)36-45(61)34-39)56-38-48(30-31-54(56)60)62(47-17-12-16-43(37-47)41-14-4-3-5-15-41)46-28-26-42(27-29-46)49-18-6-7-19-50(49)51-21-13-25-58-59(51)52-20-8-11-24-57(52)63-58/h3-31,37-40,44-45H,32-36H2,1-2H3. The lowest BCUT2D eigenvalue weighted by molar-refractivity contribution is -0.0443. The van der Waals surface area contributed by atoms with E-state index in [-0.39, 0.29) is 10.8 Å². The van der Waals surface area contributed by atoms with E-state index in [2.05, 4.69) is 207 Å². The lowest BCUT2D eigenvalue weighted by atomic mass is 9.39. The molecule has 4 fully saturated rings. The Balaban J connectivity index is 0.980. The molecule has 306 valence electrons. The molecule has 0 amide bonds. The third-order valence-corrected chi connectivity index (χ3v) is 17.3. The molecule has 1 nitrogen and oxygen atoms in total. The number of fused-ring (bicyclic) bond motifs is 5. The van der Waals surface area contributed by atoms with Crippen molar-refractivity contribution < 1.29 is 0 Å². The van der Waals surface area contributed by atoms with Crippen LogP contribution in [0.4, 0.5) is 17.1 Å². The summed E-state index contributed by atoms with van der Waals surface area (Å²) in [5.74, 6) is 3.16. The summed E-state index contributed by atoms with van der Waals surface area (Å²) in [6, 6.07) is 71.3. The second-order valence-corrected chi connectivity index (χ2v) is 20.8. The second kappa shape index (κ2) is 14.1. The highest BCUT2D eigenvalue weighted by Gasteiger charge is 2.62. The van der Waals surface area contributed by atoms with Crippen molar-refractivity contribution in [2.75, 3.05) is 4.90 Å². The molecule has 1 spiro atoms. The molecule has 5 aliphatic rings. The van der Waals surface area contributed by atoms with Crippen LogP contribution in [0, 0.1) is 23.7 Å². The average Bonchev–Trinajstić information content (AvgIpc) is 3.71. The molecule has 5 aliphatic carbocycles. The van der Waals surface area contributed by atoms with Crippen molar-refractivity contribution in [1.82, 2.24) is 0 Å². The van der Waals surface area contributed by atoms with Crippen molar-refractivity contribution >= 4 is 48.6 Å². The fourth-order valence-electron chi connectivity index (χ4n) is 13.7. The van der Waals surface area contributed by atoms with E-state index in [0.29, 0.717) is 11.8 Å². The van der Waals surface area contributed by atoms with E-state index in [1.807, 2.05) is 11.3 Å². The number of thiophene rings is 1. The molecule has 1 heterocycles. The molecule has 0 saturated heterocycles. The molecule has 1 aromatic heterocycles. The van der Waals surface area contributed by atoms with Crippen molar-refractivity contribution in [3.05, 3.63) is 210 Å². The fraction of sp³-hybridized carbons (Fsp3) is 0.213. The monoisotopic (exact) mass is 829 g/mol. The van der Waals surface area contributed by atoms with E-state index in [1.54, 1.807) is 16.7 Å². The molecule has 63 heavy (non-hydrogen) atoms. The van der Waals surface area contributed by atoms with Gasteiger partial charge in [0.2, 0.25) is 0 Å². The average molecular weight is 830 g/mol. The van der Waals surface area contributed by atoms with Crippen LogP contribution in [0.3, 0.4) is 0 Å². The quantitative estimate of drug-likeness (QED) is 0.161. The first-order valence-corrected chi connectivity index (χ1v) is 24.1. The summed E-state index contributed by atoms with van der Waals surface area (Å²) in [6.07, 6.45) is 6.93. The molecule has 0 aliphatic heterocycles. The Morgan fingerprint density at radius 1 is 0.413 bits per heavy atom. The molecule has 0 radical (unpaired) electrons. The fourth-order valence-corrected chi connectivity index (χ4v) is 14.8.